The molecule has 0 radical (unpaired) electrons. The van der Waals surface area contributed by atoms with E-state index >= 15 is 0 Å². The number of rotatable bonds is 32. The number of carbonyl (C=O) groups excluding carboxylic acids is 2. The van der Waals surface area contributed by atoms with Gasteiger partial charge in [-0.2, -0.15) is 23.5 Å². The molecule has 0 aromatic heterocycles. The van der Waals surface area contributed by atoms with Crippen LogP contribution in [0.5, 0.6) is 0 Å². The fraction of sp³-hybridized carbons (Fsp3) is 0.900. The first-order valence-electron chi connectivity index (χ1n) is 11.6. The van der Waals surface area contributed by atoms with Crippen LogP contribution >= 0.6 is 153 Å². The van der Waals surface area contributed by atoms with Crippen LogP contribution in [0.2, 0.25) is 0 Å². The molecule has 0 aliphatic rings. The van der Waals surface area contributed by atoms with E-state index in [9.17, 15) is 18.0 Å². The van der Waals surface area contributed by atoms with Crippen molar-refractivity contribution < 1.29 is 28.2 Å². The Morgan fingerprint density at radius 2 is 0.854 bits per heavy atom. The molecule has 2 unspecified atom stereocenters. The second kappa shape index (κ2) is 36.9. The first kappa shape index (κ1) is 45.1. The van der Waals surface area contributed by atoms with Crippen molar-refractivity contribution >= 4 is 185 Å². The normalized spacial score (nSPS) is 12.9. The number of hydrogen-bond donors (Lipinski definition) is 2. The van der Waals surface area contributed by atoms with Crippen molar-refractivity contribution in [2.24, 2.45) is 0 Å². The molecule has 0 amide bonds. The molecule has 0 saturated carbocycles. The Kier molecular flexibility index (Phi) is 40.6. The molecule has 41 heavy (non-hydrogen) atoms. The molecule has 0 rings (SSSR count). The van der Waals surface area contributed by atoms with Gasteiger partial charge in [0.15, 0.2) is 10.2 Å². The van der Waals surface area contributed by atoms with E-state index in [0.29, 0.717) is 38.3 Å². The predicted octanol–water partition coefficient (Wildman–Crippen LogP) is 6.54. The molecule has 0 heterocycles. The second-order valence-electron chi connectivity index (χ2n) is 6.70. The predicted molar refractivity (Wildman–Crippen MR) is 217 cm³/mol. The first-order valence-corrected chi connectivity index (χ1v) is 29.2. The number of aliphatic hydroxyl groups excluding tert-OH is 2. The summed E-state index contributed by atoms with van der Waals surface area (Å²) < 4.78 is 23.7. The summed E-state index contributed by atoms with van der Waals surface area (Å²) in [7, 11) is -1.66. The van der Waals surface area contributed by atoms with E-state index in [1.807, 2.05) is 0 Å². The lowest BCUT2D eigenvalue weighted by Crippen LogP contribution is -2.03. The van der Waals surface area contributed by atoms with Gasteiger partial charge in [0.05, 0.1) is 33.6 Å². The number of thioether (sulfide) groups is 13. The van der Waals surface area contributed by atoms with E-state index in [1.54, 1.807) is 106 Å². The van der Waals surface area contributed by atoms with Gasteiger partial charge in [0.1, 0.15) is 0 Å². The molecule has 244 valence electrons. The van der Waals surface area contributed by atoms with Crippen molar-refractivity contribution in [1.29, 1.82) is 0 Å². The number of carbonyl (C=O) groups is 2. The Balaban J connectivity index is 3.34. The summed E-state index contributed by atoms with van der Waals surface area (Å²) in [5.74, 6) is 4.22. The van der Waals surface area contributed by atoms with Gasteiger partial charge in [-0.15, -0.1) is 106 Å². The Morgan fingerprint density at radius 1 is 0.463 bits per heavy atom. The quantitative estimate of drug-likeness (QED) is 0.0564. The zero-order valence-corrected chi connectivity index (χ0v) is 34.6. The van der Waals surface area contributed by atoms with Gasteiger partial charge in [-0.25, -0.2) is 0 Å². The van der Waals surface area contributed by atoms with Gasteiger partial charge in [-0.3, -0.25) is 18.0 Å². The topological polar surface area (TPSA) is 109 Å². The van der Waals surface area contributed by atoms with Crippen LogP contribution < -0.4 is 0 Å². The molecule has 0 fully saturated rings. The zero-order valence-electron chi connectivity index (χ0n) is 22.4. The Morgan fingerprint density at radius 3 is 1.37 bits per heavy atom. The smallest absolute Gasteiger partial charge is 0.199 e. The minimum Gasteiger partial charge on any atom is -0.386 e. The van der Waals surface area contributed by atoms with Crippen molar-refractivity contribution in [3.8, 4) is 0 Å². The lowest BCUT2D eigenvalue weighted by Gasteiger charge is -2.04. The van der Waals surface area contributed by atoms with Crippen LogP contribution in [-0.2, 0) is 31.2 Å². The van der Waals surface area contributed by atoms with Crippen LogP contribution in [0.15, 0.2) is 0 Å². The maximum atomic E-state index is 12.1. The molecule has 0 aliphatic carbocycles. The molecular formula is C20H38O6S15. The zero-order chi connectivity index (χ0) is 30.2. The molecule has 0 aromatic carbocycles. The molecule has 21 heteroatoms. The van der Waals surface area contributed by atoms with Crippen molar-refractivity contribution in [3.63, 3.8) is 0 Å². The molecule has 0 aliphatic heterocycles. The molecular weight excluding hydrogens is 817 g/mol. The fourth-order valence-corrected chi connectivity index (χ4v) is 19.4. The SMILES string of the molecule is O=C(CSCSCSCCS(=O)CSCSCSCSC(=O)CSCSCSCCS(=O)CSCO)SCSCO. The second-order valence-corrected chi connectivity index (χ2v) is 26.6. The minimum atomic E-state index is -0.858. The first-order chi connectivity index (χ1) is 20.0. The molecule has 2 N–H and O–H groups in total. The van der Waals surface area contributed by atoms with Crippen molar-refractivity contribution in [1.82, 2.24) is 0 Å². The van der Waals surface area contributed by atoms with E-state index in [2.05, 4.69) is 0 Å². The molecule has 6 nitrogen and oxygen atoms in total. The Labute approximate surface area is 306 Å². The van der Waals surface area contributed by atoms with E-state index in [0.717, 1.165) is 47.1 Å². The van der Waals surface area contributed by atoms with Crippen LogP contribution in [0.1, 0.15) is 0 Å². The number of aliphatic hydroxyl groups is 2. The Bertz CT molecular complexity index is 679. The van der Waals surface area contributed by atoms with Crippen LogP contribution in [0.25, 0.3) is 0 Å². The monoisotopic (exact) mass is 854 g/mol. The highest BCUT2D eigenvalue weighted by Gasteiger charge is 2.06. The molecule has 0 saturated heterocycles. The largest absolute Gasteiger partial charge is 0.386 e. The summed E-state index contributed by atoms with van der Waals surface area (Å²) in [6, 6.07) is 0. The summed E-state index contributed by atoms with van der Waals surface area (Å²) in [4.78, 5) is 23.6. The van der Waals surface area contributed by atoms with Crippen LogP contribution in [0.4, 0.5) is 0 Å². The third-order valence-electron chi connectivity index (χ3n) is 3.57. The highest BCUT2D eigenvalue weighted by atomic mass is 32.3. The van der Waals surface area contributed by atoms with Gasteiger partial charge in [0.25, 0.3) is 0 Å². The molecule has 2 atom stereocenters. The molecule has 0 bridgehead atoms. The summed E-state index contributed by atoms with van der Waals surface area (Å²) >= 11 is 20.9. The van der Waals surface area contributed by atoms with E-state index in [4.69, 9.17) is 10.2 Å². The standard InChI is InChI=1S/C20H38O6S15/c21-7-31-15-38-19(23)5-29-11-34-10-28-2-4-41(26)18-37-14-35-13-36-16-39-20(24)6-30-12-33-9-27-1-3-40(25)17-32-8-22/h21-22H,1-18H2. The van der Waals surface area contributed by atoms with Crippen molar-refractivity contribution in [2.75, 3.05) is 97.2 Å². The van der Waals surface area contributed by atoms with Gasteiger partial charge < -0.3 is 10.2 Å². The van der Waals surface area contributed by atoms with Gasteiger partial charge in [-0.1, -0.05) is 23.5 Å². The maximum absolute atomic E-state index is 12.1. The average molecular weight is 856 g/mol. The van der Waals surface area contributed by atoms with Crippen molar-refractivity contribution in [2.45, 2.75) is 0 Å². The molecule has 0 spiro atoms. The summed E-state index contributed by atoms with van der Waals surface area (Å²) in [6.07, 6.45) is 0. The lowest BCUT2D eigenvalue weighted by molar-refractivity contribution is -0.109. The van der Waals surface area contributed by atoms with Gasteiger partial charge in [0.2, 0.25) is 0 Å². The van der Waals surface area contributed by atoms with Crippen molar-refractivity contribution in [3.05, 3.63) is 0 Å². The van der Waals surface area contributed by atoms with Gasteiger partial charge in [-0.05, 0) is 0 Å². The third-order valence-corrected chi connectivity index (χ3v) is 22.7. The van der Waals surface area contributed by atoms with E-state index < -0.39 is 21.6 Å². The lowest BCUT2D eigenvalue weighted by atomic mass is 10.9. The third kappa shape index (κ3) is 36.8. The highest BCUT2D eigenvalue weighted by molar-refractivity contribution is 8.30. The van der Waals surface area contributed by atoms with Gasteiger partial charge in [0, 0.05) is 85.3 Å². The number of hydrogen-bond acceptors (Lipinski definition) is 19. The minimum absolute atomic E-state index is 0.0206. The summed E-state index contributed by atoms with van der Waals surface area (Å²) in [5, 5.41) is 25.8. The Hall–Kier alpha value is 4.11. The van der Waals surface area contributed by atoms with Crippen LogP contribution in [-0.4, -0.2) is 126 Å². The van der Waals surface area contributed by atoms with Gasteiger partial charge >= 0.3 is 0 Å². The van der Waals surface area contributed by atoms with E-state index in [-0.39, 0.29) is 22.1 Å². The summed E-state index contributed by atoms with van der Waals surface area (Å²) in [6.45, 7) is 0. The maximum Gasteiger partial charge on any atom is 0.199 e. The van der Waals surface area contributed by atoms with Crippen LogP contribution in [0.3, 0.4) is 0 Å². The fourth-order valence-electron chi connectivity index (χ4n) is 1.87. The van der Waals surface area contributed by atoms with Crippen LogP contribution in [0, 0.1) is 0 Å². The summed E-state index contributed by atoms with van der Waals surface area (Å²) in [5.41, 5.74) is 0. The molecule has 0 aromatic rings. The van der Waals surface area contributed by atoms with E-state index in [1.165, 1.54) is 47.0 Å². The average Bonchev–Trinajstić information content (AvgIpc) is 2.96. The highest BCUT2D eigenvalue weighted by Crippen LogP contribution is 2.24.